The quantitative estimate of drug-likeness (QED) is 0.687. The molecule has 0 amide bonds. The van der Waals surface area contributed by atoms with E-state index in [0.29, 0.717) is 5.92 Å². The van der Waals surface area contributed by atoms with E-state index in [2.05, 4.69) is 23.8 Å². The van der Waals surface area contributed by atoms with Gasteiger partial charge in [-0.3, -0.25) is 9.97 Å². The van der Waals surface area contributed by atoms with Gasteiger partial charge in [-0.25, -0.2) is 0 Å². The highest BCUT2D eigenvalue weighted by molar-refractivity contribution is 5.00. The number of methoxy groups -OCH3 is 1. The largest absolute Gasteiger partial charge is 0.375 e. The summed E-state index contributed by atoms with van der Waals surface area (Å²) in [6.07, 6.45) is 5.15. The van der Waals surface area contributed by atoms with E-state index in [-0.39, 0.29) is 6.10 Å². The summed E-state index contributed by atoms with van der Waals surface area (Å²) >= 11 is 0. The zero-order chi connectivity index (χ0) is 8.97. The third-order valence-corrected chi connectivity index (χ3v) is 1.73. The van der Waals surface area contributed by atoms with Gasteiger partial charge >= 0.3 is 0 Å². The van der Waals surface area contributed by atoms with Crippen LogP contribution in [0.25, 0.3) is 0 Å². The lowest BCUT2D eigenvalue weighted by atomic mass is 10.0. The van der Waals surface area contributed by atoms with E-state index in [4.69, 9.17) is 4.74 Å². The van der Waals surface area contributed by atoms with Crippen LogP contribution in [-0.4, -0.2) is 17.1 Å². The molecule has 0 aliphatic rings. The van der Waals surface area contributed by atoms with Gasteiger partial charge in [0, 0.05) is 19.5 Å². The van der Waals surface area contributed by atoms with E-state index in [1.54, 1.807) is 25.7 Å². The van der Waals surface area contributed by atoms with Crippen LogP contribution < -0.4 is 0 Å². The Kier molecular flexibility index (Phi) is 3.17. The second-order valence-electron chi connectivity index (χ2n) is 3.03. The van der Waals surface area contributed by atoms with Gasteiger partial charge in [-0.15, -0.1) is 0 Å². The number of ether oxygens (including phenoxy) is 1. The molecule has 0 aliphatic heterocycles. The molecule has 0 saturated carbocycles. The van der Waals surface area contributed by atoms with Crippen molar-refractivity contribution in [3.63, 3.8) is 0 Å². The van der Waals surface area contributed by atoms with Crippen molar-refractivity contribution in [2.24, 2.45) is 5.92 Å². The fourth-order valence-electron chi connectivity index (χ4n) is 1.19. The van der Waals surface area contributed by atoms with E-state index in [9.17, 15) is 0 Å². The summed E-state index contributed by atoms with van der Waals surface area (Å²) in [6, 6.07) is 0. The molecule has 1 unspecified atom stereocenters. The smallest absolute Gasteiger partial charge is 0.103 e. The normalized spacial score (nSPS) is 13.3. The number of nitrogens with zero attached hydrogens (tertiary/aromatic N) is 2. The average molecular weight is 166 g/mol. The van der Waals surface area contributed by atoms with Crippen LogP contribution in [-0.2, 0) is 4.74 Å². The predicted molar refractivity (Wildman–Crippen MR) is 46.6 cm³/mol. The van der Waals surface area contributed by atoms with Crippen molar-refractivity contribution in [3.8, 4) is 0 Å². The monoisotopic (exact) mass is 166 g/mol. The average Bonchev–Trinajstić information content (AvgIpc) is 2.07. The zero-order valence-electron chi connectivity index (χ0n) is 7.69. The Morgan fingerprint density at radius 2 is 2.08 bits per heavy atom. The summed E-state index contributed by atoms with van der Waals surface area (Å²) in [7, 11) is 1.69. The van der Waals surface area contributed by atoms with Crippen LogP contribution >= 0.6 is 0 Å². The van der Waals surface area contributed by atoms with Gasteiger partial charge < -0.3 is 4.74 Å². The third-order valence-electron chi connectivity index (χ3n) is 1.73. The zero-order valence-corrected chi connectivity index (χ0v) is 7.69. The fraction of sp³-hybridized carbons (Fsp3) is 0.556. The van der Waals surface area contributed by atoms with Gasteiger partial charge in [-0.1, -0.05) is 13.8 Å². The van der Waals surface area contributed by atoms with Crippen molar-refractivity contribution in [1.82, 2.24) is 9.97 Å². The Morgan fingerprint density at radius 3 is 2.50 bits per heavy atom. The minimum absolute atomic E-state index is 0.0544. The van der Waals surface area contributed by atoms with Gasteiger partial charge in [0.1, 0.15) is 6.10 Å². The summed E-state index contributed by atoms with van der Waals surface area (Å²) in [6.45, 7) is 4.20. The molecule has 3 heteroatoms. The van der Waals surface area contributed by atoms with Gasteiger partial charge in [0.25, 0.3) is 0 Å². The Balaban J connectivity index is 2.80. The number of rotatable bonds is 3. The summed E-state index contributed by atoms with van der Waals surface area (Å²) in [4.78, 5) is 8.18. The predicted octanol–water partition coefficient (Wildman–Crippen LogP) is 1.82. The van der Waals surface area contributed by atoms with Crippen molar-refractivity contribution in [2.45, 2.75) is 20.0 Å². The van der Waals surface area contributed by atoms with Crippen LogP contribution in [0.1, 0.15) is 25.6 Å². The number of aromatic nitrogens is 2. The lowest BCUT2D eigenvalue weighted by Crippen LogP contribution is -2.10. The van der Waals surface area contributed by atoms with Crippen molar-refractivity contribution < 1.29 is 4.74 Å². The molecule has 1 atom stereocenters. The maximum Gasteiger partial charge on any atom is 0.103 e. The van der Waals surface area contributed by atoms with Crippen LogP contribution in [0.5, 0.6) is 0 Å². The Labute approximate surface area is 72.8 Å². The Morgan fingerprint density at radius 1 is 1.33 bits per heavy atom. The van der Waals surface area contributed by atoms with E-state index < -0.39 is 0 Å². The maximum atomic E-state index is 5.30. The van der Waals surface area contributed by atoms with Gasteiger partial charge in [-0.05, 0) is 5.92 Å². The van der Waals surface area contributed by atoms with Crippen molar-refractivity contribution >= 4 is 0 Å². The van der Waals surface area contributed by atoms with Crippen LogP contribution in [0.2, 0.25) is 0 Å². The molecule has 1 aromatic heterocycles. The second-order valence-corrected chi connectivity index (χ2v) is 3.03. The highest BCUT2D eigenvalue weighted by atomic mass is 16.5. The lowest BCUT2D eigenvalue weighted by molar-refractivity contribution is 0.0609. The molecule has 66 valence electrons. The summed E-state index contributed by atoms with van der Waals surface area (Å²) in [5.41, 5.74) is 0.898. The molecular weight excluding hydrogens is 152 g/mol. The maximum absolute atomic E-state index is 5.30. The van der Waals surface area contributed by atoms with Gasteiger partial charge in [0.05, 0.1) is 11.9 Å². The Bertz CT molecular complexity index is 223. The molecule has 0 fully saturated rings. The molecule has 0 aliphatic carbocycles. The molecule has 0 spiro atoms. The van der Waals surface area contributed by atoms with Crippen LogP contribution in [0, 0.1) is 5.92 Å². The molecular formula is C9H14N2O. The number of hydrogen-bond donors (Lipinski definition) is 0. The molecule has 0 N–H and O–H groups in total. The first-order valence-electron chi connectivity index (χ1n) is 4.04. The molecule has 0 aromatic carbocycles. The minimum atomic E-state index is 0.0544. The minimum Gasteiger partial charge on any atom is -0.375 e. The van der Waals surface area contributed by atoms with Gasteiger partial charge in [-0.2, -0.15) is 0 Å². The van der Waals surface area contributed by atoms with Crippen molar-refractivity contribution in [1.29, 1.82) is 0 Å². The molecule has 1 heterocycles. The van der Waals surface area contributed by atoms with Crippen LogP contribution in [0.4, 0.5) is 0 Å². The van der Waals surface area contributed by atoms with Crippen molar-refractivity contribution in [2.75, 3.05) is 7.11 Å². The molecule has 3 nitrogen and oxygen atoms in total. The van der Waals surface area contributed by atoms with E-state index in [1.807, 2.05) is 0 Å². The topological polar surface area (TPSA) is 35.0 Å². The molecule has 0 saturated heterocycles. The lowest BCUT2D eigenvalue weighted by Gasteiger charge is -2.17. The van der Waals surface area contributed by atoms with Crippen LogP contribution in [0.3, 0.4) is 0 Å². The molecule has 1 aromatic rings. The second kappa shape index (κ2) is 4.16. The fourth-order valence-corrected chi connectivity index (χ4v) is 1.19. The highest BCUT2D eigenvalue weighted by Crippen LogP contribution is 2.21. The third kappa shape index (κ3) is 2.01. The van der Waals surface area contributed by atoms with E-state index >= 15 is 0 Å². The van der Waals surface area contributed by atoms with E-state index in [1.165, 1.54) is 0 Å². The summed E-state index contributed by atoms with van der Waals surface area (Å²) in [5.74, 6) is 0.423. The summed E-state index contributed by atoms with van der Waals surface area (Å²) < 4.78 is 5.30. The van der Waals surface area contributed by atoms with E-state index in [0.717, 1.165) is 5.69 Å². The van der Waals surface area contributed by atoms with Gasteiger partial charge in [0.2, 0.25) is 0 Å². The van der Waals surface area contributed by atoms with Gasteiger partial charge in [0.15, 0.2) is 0 Å². The first kappa shape index (κ1) is 9.13. The highest BCUT2D eigenvalue weighted by Gasteiger charge is 2.15. The first-order valence-corrected chi connectivity index (χ1v) is 4.04. The van der Waals surface area contributed by atoms with Crippen molar-refractivity contribution in [3.05, 3.63) is 24.3 Å². The molecule has 0 radical (unpaired) electrons. The first-order chi connectivity index (χ1) is 5.75. The molecule has 0 bridgehead atoms. The van der Waals surface area contributed by atoms with Crippen LogP contribution in [0.15, 0.2) is 18.6 Å². The SMILES string of the molecule is COC(c1cnccn1)C(C)C. The summed E-state index contributed by atoms with van der Waals surface area (Å²) in [5, 5.41) is 0. The Hall–Kier alpha value is -0.960. The number of hydrogen-bond acceptors (Lipinski definition) is 3. The molecule has 12 heavy (non-hydrogen) atoms. The standard InChI is InChI=1S/C9H14N2O/c1-7(2)9(12-3)8-6-10-4-5-11-8/h4-7,9H,1-3H3. The molecule has 1 rings (SSSR count).